The number of aryl methyl sites for hydroxylation is 1. The third-order valence-electron chi connectivity index (χ3n) is 3.76. The van der Waals surface area contributed by atoms with E-state index in [0.717, 1.165) is 12.0 Å². The van der Waals surface area contributed by atoms with Crippen LogP contribution in [0.2, 0.25) is 5.02 Å². The summed E-state index contributed by atoms with van der Waals surface area (Å²) in [4.78, 5) is 12.2. The fraction of sp³-hybridized carbons (Fsp3) is 0.278. The zero-order valence-corrected chi connectivity index (χ0v) is 15.2. The predicted molar refractivity (Wildman–Crippen MR) is 95.9 cm³/mol. The Balaban J connectivity index is 2.02. The van der Waals surface area contributed by atoms with E-state index in [0.29, 0.717) is 5.02 Å². The molecule has 128 valence electrons. The Hall–Kier alpha value is -1.85. The van der Waals surface area contributed by atoms with Crippen molar-refractivity contribution in [1.29, 1.82) is 0 Å². The van der Waals surface area contributed by atoms with Crippen LogP contribution in [-0.2, 0) is 21.1 Å². The highest BCUT2D eigenvalue weighted by atomic mass is 35.5. The highest BCUT2D eigenvalue weighted by molar-refractivity contribution is 7.92. The van der Waals surface area contributed by atoms with E-state index in [4.69, 9.17) is 11.6 Å². The van der Waals surface area contributed by atoms with Crippen molar-refractivity contribution >= 4 is 27.3 Å². The van der Waals surface area contributed by atoms with Crippen molar-refractivity contribution in [2.45, 2.75) is 31.2 Å². The molecule has 0 spiro atoms. The van der Waals surface area contributed by atoms with E-state index in [-0.39, 0.29) is 10.9 Å². The maximum atomic E-state index is 12.3. The summed E-state index contributed by atoms with van der Waals surface area (Å²) in [6.07, 6.45) is 0.945. The number of benzene rings is 2. The van der Waals surface area contributed by atoms with Crippen molar-refractivity contribution in [3.63, 3.8) is 0 Å². The number of hydrogen-bond donors (Lipinski definition) is 1. The molecule has 0 aliphatic carbocycles. The number of carbonyl (C=O) groups is 1. The summed E-state index contributed by atoms with van der Waals surface area (Å²) in [6, 6.07) is 13.4. The van der Waals surface area contributed by atoms with Crippen molar-refractivity contribution in [2.24, 2.45) is 0 Å². The molecule has 2 rings (SSSR count). The van der Waals surface area contributed by atoms with E-state index in [2.05, 4.69) is 12.2 Å². The average Bonchev–Trinajstić information content (AvgIpc) is 2.54. The summed E-state index contributed by atoms with van der Waals surface area (Å²) in [5.41, 5.74) is 2.15. The number of hydrogen-bond acceptors (Lipinski definition) is 3. The highest BCUT2D eigenvalue weighted by Crippen LogP contribution is 2.17. The Bertz CT molecular complexity index is 799. The fourth-order valence-electron chi connectivity index (χ4n) is 2.31. The first-order chi connectivity index (χ1) is 11.3. The summed E-state index contributed by atoms with van der Waals surface area (Å²) in [7, 11) is -3.69. The molecule has 0 aliphatic heterocycles. The van der Waals surface area contributed by atoms with Gasteiger partial charge in [-0.2, -0.15) is 0 Å². The van der Waals surface area contributed by atoms with Crippen LogP contribution >= 0.6 is 11.6 Å². The summed E-state index contributed by atoms with van der Waals surface area (Å²) < 4.78 is 24.5. The fourth-order valence-corrected chi connectivity index (χ4v) is 3.58. The molecule has 0 fully saturated rings. The second-order valence-electron chi connectivity index (χ2n) is 5.60. The van der Waals surface area contributed by atoms with Gasteiger partial charge in [0.15, 0.2) is 9.84 Å². The molecule has 2 aromatic carbocycles. The zero-order valence-electron chi connectivity index (χ0n) is 13.6. The quantitative estimate of drug-likeness (QED) is 0.851. The Morgan fingerprint density at radius 3 is 2.21 bits per heavy atom. The van der Waals surface area contributed by atoms with E-state index in [1.165, 1.54) is 29.8 Å². The number of halogens is 1. The van der Waals surface area contributed by atoms with Gasteiger partial charge in [0, 0.05) is 5.02 Å². The van der Waals surface area contributed by atoms with Gasteiger partial charge in [0.1, 0.15) is 5.75 Å². The Labute approximate surface area is 147 Å². The van der Waals surface area contributed by atoms with Crippen molar-refractivity contribution in [3.05, 3.63) is 64.7 Å². The number of nitrogens with one attached hydrogen (secondary N) is 1. The van der Waals surface area contributed by atoms with Gasteiger partial charge in [0.2, 0.25) is 5.91 Å². The number of carbonyl (C=O) groups excluding carboxylic acids is 1. The Morgan fingerprint density at radius 1 is 1.08 bits per heavy atom. The van der Waals surface area contributed by atoms with Crippen molar-refractivity contribution in [2.75, 3.05) is 5.75 Å². The minimum absolute atomic E-state index is 0.0852. The minimum Gasteiger partial charge on any atom is -0.349 e. The molecular formula is C18H20ClNO3S. The van der Waals surface area contributed by atoms with E-state index < -0.39 is 21.5 Å². The summed E-state index contributed by atoms with van der Waals surface area (Å²) in [6.45, 7) is 3.90. The molecule has 0 heterocycles. The van der Waals surface area contributed by atoms with Crippen LogP contribution in [-0.4, -0.2) is 20.1 Å². The van der Waals surface area contributed by atoms with Crippen molar-refractivity contribution in [1.82, 2.24) is 5.32 Å². The second kappa shape index (κ2) is 7.81. The summed E-state index contributed by atoms with van der Waals surface area (Å²) >= 11 is 5.75. The monoisotopic (exact) mass is 365 g/mol. The van der Waals surface area contributed by atoms with Gasteiger partial charge in [-0.3, -0.25) is 4.79 Å². The topological polar surface area (TPSA) is 63.2 Å². The van der Waals surface area contributed by atoms with Crippen LogP contribution in [0.1, 0.15) is 31.0 Å². The molecule has 1 atom stereocenters. The van der Waals surface area contributed by atoms with Gasteiger partial charge in [-0.15, -0.1) is 0 Å². The first kappa shape index (κ1) is 18.5. The van der Waals surface area contributed by atoms with Crippen LogP contribution < -0.4 is 5.32 Å². The van der Waals surface area contributed by atoms with E-state index in [9.17, 15) is 13.2 Å². The molecule has 1 amide bonds. The lowest BCUT2D eigenvalue weighted by Crippen LogP contribution is -2.32. The molecule has 0 radical (unpaired) electrons. The number of amides is 1. The zero-order chi connectivity index (χ0) is 17.7. The highest BCUT2D eigenvalue weighted by Gasteiger charge is 2.20. The maximum absolute atomic E-state index is 12.3. The van der Waals surface area contributed by atoms with Gasteiger partial charge in [-0.05, 0) is 48.7 Å². The van der Waals surface area contributed by atoms with E-state index in [1.54, 1.807) is 0 Å². The van der Waals surface area contributed by atoms with Crippen LogP contribution in [0.3, 0.4) is 0 Å². The van der Waals surface area contributed by atoms with Crippen molar-refractivity contribution in [3.8, 4) is 0 Å². The summed E-state index contributed by atoms with van der Waals surface area (Å²) in [5.74, 6) is -1.12. The van der Waals surface area contributed by atoms with Crippen LogP contribution in [0, 0.1) is 0 Å². The first-order valence-corrected chi connectivity index (χ1v) is 9.71. The van der Waals surface area contributed by atoms with Crippen LogP contribution in [0.4, 0.5) is 0 Å². The van der Waals surface area contributed by atoms with Gasteiger partial charge in [0.05, 0.1) is 10.9 Å². The standard InChI is InChI=1S/C18H20ClNO3S/c1-3-14-4-6-15(7-5-14)13(2)20-18(21)12-24(22,23)17-10-8-16(19)9-11-17/h4-11,13H,3,12H2,1-2H3,(H,20,21). The molecule has 0 saturated carbocycles. The van der Waals surface area contributed by atoms with Crippen molar-refractivity contribution < 1.29 is 13.2 Å². The molecule has 4 nitrogen and oxygen atoms in total. The van der Waals surface area contributed by atoms with Crippen LogP contribution in [0.15, 0.2) is 53.4 Å². The lowest BCUT2D eigenvalue weighted by Gasteiger charge is -2.15. The summed E-state index contributed by atoms with van der Waals surface area (Å²) in [5, 5.41) is 3.17. The molecule has 1 N–H and O–H groups in total. The molecule has 0 aliphatic rings. The second-order valence-corrected chi connectivity index (χ2v) is 8.02. The van der Waals surface area contributed by atoms with Crippen LogP contribution in [0.25, 0.3) is 0 Å². The van der Waals surface area contributed by atoms with Crippen LogP contribution in [0.5, 0.6) is 0 Å². The molecule has 0 aromatic heterocycles. The molecule has 2 aromatic rings. The largest absolute Gasteiger partial charge is 0.349 e. The third kappa shape index (κ3) is 4.82. The van der Waals surface area contributed by atoms with Gasteiger partial charge < -0.3 is 5.32 Å². The minimum atomic E-state index is -3.69. The molecular weight excluding hydrogens is 346 g/mol. The lowest BCUT2D eigenvalue weighted by atomic mass is 10.1. The Kier molecular flexibility index (Phi) is 6.02. The maximum Gasteiger partial charge on any atom is 0.236 e. The van der Waals surface area contributed by atoms with E-state index >= 15 is 0 Å². The average molecular weight is 366 g/mol. The molecule has 0 bridgehead atoms. The number of sulfone groups is 1. The smallest absolute Gasteiger partial charge is 0.236 e. The lowest BCUT2D eigenvalue weighted by molar-refractivity contribution is -0.119. The van der Waals surface area contributed by atoms with Gasteiger partial charge in [-0.1, -0.05) is 42.8 Å². The van der Waals surface area contributed by atoms with Gasteiger partial charge in [0.25, 0.3) is 0 Å². The molecule has 0 saturated heterocycles. The molecule has 6 heteroatoms. The van der Waals surface area contributed by atoms with Gasteiger partial charge >= 0.3 is 0 Å². The third-order valence-corrected chi connectivity index (χ3v) is 5.64. The SMILES string of the molecule is CCc1ccc(C(C)NC(=O)CS(=O)(=O)c2ccc(Cl)cc2)cc1. The predicted octanol–water partition coefficient (Wildman–Crippen LogP) is 3.55. The molecule has 24 heavy (non-hydrogen) atoms. The van der Waals surface area contributed by atoms with E-state index in [1.807, 2.05) is 31.2 Å². The first-order valence-electron chi connectivity index (χ1n) is 7.68. The number of rotatable bonds is 6. The normalized spacial score (nSPS) is 12.6. The Morgan fingerprint density at radius 2 is 1.67 bits per heavy atom. The molecule has 1 unspecified atom stereocenters. The van der Waals surface area contributed by atoms with Gasteiger partial charge in [-0.25, -0.2) is 8.42 Å².